The number of carbonyl (C=O) groups excluding carboxylic acids is 1. The molecular formula is C27H27FN6O2. The zero-order chi connectivity index (χ0) is 25.1. The van der Waals surface area contributed by atoms with Gasteiger partial charge in [-0.3, -0.25) is 9.69 Å². The van der Waals surface area contributed by atoms with Crippen LogP contribution in [0.5, 0.6) is 11.6 Å². The number of rotatable bonds is 6. The van der Waals surface area contributed by atoms with E-state index < -0.39 is 0 Å². The molecular weight excluding hydrogens is 459 g/mol. The number of hydrogen-bond acceptors (Lipinski definition) is 7. The number of benzene rings is 2. The van der Waals surface area contributed by atoms with Gasteiger partial charge in [-0.05, 0) is 42.8 Å². The van der Waals surface area contributed by atoms with Gasteiger partial charge in [0.05, 0.1) is 0 Å². The number of amides is 1. The van der Waals surface area contributed by atoms with Crippen LogP contribution in [0.1, 0.15) is 25.5 Å². The average Bonchev–Trinajstić information content (AvgIpc) is 2.89. The molecule has 1 amide bonds. The molecule has 184 valence electrons. The molecule has 1 atom stereocenters. The van der Waals surface area contributed by atoms with E-state index in [0.29, 0.717) is 23.0 Å². The van der Waals surface area contributed by atoms with Crippen LogP contribution in [-0.2, 0) is 4.79 Å². The highest BCUT2D eigenvalue weighted by Gasteiger charge is 2.23. The van der Waals surface area contributed by atoms with Crippen molar-refractivity contribution in [2.24, 2.45) is 0 Å². The van der Waals surface area contributed by atoms with Crippen LogP contribution in [0.25, 0.3) is 10.9 Å². The number of nitrogens with zero attached hydrogens (tertiary/aromatic N) is 5. The first kappa shape index (κ1) is 23.6. The highest BCUT2D eigenvalue weighted by atomic mass is 19.1. The van der Waals surface area contributed by atoms with Gasteiger partial charge < -0.3 is 15.0 Å². The van der Waals surface area contributed by atoms with Crippen molar-refractivity contribution in [3.8, 4) is 11.6 Å². The van der Waals surface area contributed by atoms with Crippen LogP contribution < -0.4 is 15.0 Å². The summed E-state index contributed by atoms with van der Waals surface area (Å²) in [5, 5.41) is 3.60. The Balaban J connectivity index is 1.28. The van der Waals surface area contributed by atoms with Gasteiger partial charge in [-0.15, -0.1) is 0 Å². The monoisotopic (exact) mass is 486 g/mol. The first-order chi connectivity index (χ1) is 17.5. The predicted molar refractivity (Wildman–Crippen MR) is 137 cm³/mol. The fraction of sp³-hybridized carbons (Fsp3) is 0.259. The van der Waals surface area contributed by atoms with Gasteiger partial charge in [-0.2, -0.15) is 0 Å². The van der Waals surface area contributed by atoms with Gasteiger partial charge in [0.15, 0.2) is 5.75 Å². The molecule has 0 radical (unpaired) electrons. The lowest BCUT2D eigenvalue weighted by Crippen LogP contribution is -2.47. The standard InChI is InChI=1S/C27H27FN6O2/c1-18(20-6-9-22(28)10-7-20)33-12-14-34(15-13-33)25-16-26(30-17-29-25)36-23-5-3-4-21-8-11-24(31-19(2)35)32-27(21)23/h3-11,16-18H,12-15H2,1-2H3,(H,31,32,35)/t18-/m1/s1. The van der Waals surface area contributed by atoms with Crippen molar-refractivity contribution in [1.82, 2.24) is 19.9 Å². The molecule has 0 unspecified atom stereocenters. The lowest BCUT2D eigenvalue weighted by atomic mass is 10.1. The van der Waals surface area contributed by atoms with E-state index in [0.717, 1.165) is 42.9 Å². The van der Waals surface area contributed by atoms with Crippen molar-refractivity contribution in [3.63, 3.8) is 0 Å². The zero-order valence-electron chi connectivity index (χ0n) is 20.2. The molecule has 1 saturated heterocycles. The molecule has 0 aliphatic carbocycles. The maximum absolute atomic E-state index is 13.3. The van der Waals surface area contributed by atoms with Crippen LogP contribution in [0, 0.1) is 5.82 Å². The summed E-state index contributed by atoms with van der Waals surface area (Å²) in [4.78, 5) is 29.3. The summed E-state index contributed by atoms with van der Waals surface area (Å²) in [6, 6.07) is 18.0. The number of nitrogens with one attached hydrogen (secondary N) is 1. The normalized spacial score (nSPS) is 15.0. The molecule has 2 aromatic heterocycles. The number of fused-ring (bicyclic) bond motifs is 1. The minimum atomic E-state index is -0.218. The summed E-state index contributed by atoms with van der Waals surface area (Å²) in [5.74, 6) is 1.81. The molecule has 1 aliphatic heterocycles. The molecule has 36 heavy (non-hydrogen) atoms. The SMILES string of the molecule is CC(=O)Nc1ccc2cccc(Oc3cc(N4CCN([C@H](C)c5ccc(F)cc5)CC4)ncn3)c2n1. The number of piperazine rings is 1. The largest absolute Gasteiger partial charge is 0.437 e. The zero-order valence-corrected chi connectivity index (χ0v) is 20.2. The molecule has 2 aromatic carbocycles. The maximum Gasteiger partial charge on any atom is 0.224 e. The Morgan fingerprint density at radius 2 is 1.81 bits per heavy atom. The van der Waals surface area contributed by atoms with E-state index in [4.69, 9.17) is 4.74 Å². The van der Waals surface area contributed by atoms with Crippen molar-refractivity contribution in [2.45, 2.75) is 19.9 Å². The molecule has 1 aliphatic rings. The quantitative estimate of drug-likeness (QED) is 0.419. The fourth-order valence-electron chi connectivity index (χ4n) is 4.41. The van der Waals surface area contributed by atoms with E-state index in [-0.39, 0.29) is 17.8 Å². The van der Waals surface area contributed by atoms with Crippen molar-refractivity contribution >= 4 is 28.4 Å². The lowest BCUT2D eigenvalue weighted by Gasteiger charge is -2.38. The summed E-state index contributed by atoms with van der Waals surface area (Å²) in [7, 11) is 0. The maximum atomic E-state index is 13.3. The van der Waals surface area contributed by atoms with Crippen molar-refractivity contribution in [3.05, 3.63) is 78.4 Å². The Labute approximate surface area is 208 Å². The van der Waals surface area contributed by atoms with E-state index in [1.54, 1.807) is 6.07 Å². The molecule has 1 fully saturated rings. The second-order valence-electron chi connectivity index (χ2n) is 8.77. The minimum absolute atomic E-state index is 0.187. The Kier molecular flexibility index (Phi) is 6.73. The van der Waals surface area contributed by atoms with Crippen molar-refractivity contribution in [1.29, 1.82) is 0 Å². The Morgan fingerprint density at radius 3 is 2.56 bits per heavy atom. The average molecular weight is 487 g/mol. The molecule has 8 nitrogen and oxygen atoms in total. The first-order valence-electron chi connectivity index (χ1n) is 11.9. The number of pyridine rings is 1. The number of ether oxygens (including phenoxy) is 1. The van der Waals surface area contributed by atoms with Gasteiger partial charge in [-0.1, -0.05) is 24.3 Å². The summed E-state index contributed by atoms with van der Waals surface area (Å²) in [6.45, 7) is 6.92. The summed E-state index contributed by atoms with van der Waals surface area (Å²) >= 11 is 0. The van der Waals surface area contributed by atoms with Gasteiger partial charge in [0.1, 0.15) is 29.3 Å². The molecule has 4 aromatic rings. The number of carbonyl (C=O) groups is 1. The molecule has 0 bridgehead atoms. The Bertz CT molecular complexity index is 1370. The highest BCUT2D eigenvalue weighted by molar-refractivity contribution is 5.91. The summed E-state index contributed by atoms with van der Waals surface area (Å²) < 4.78 is 19.4. The third kappa shape index (κ3) is 5.26. The molecule has 0 spiro atoms. The number of para-hydroxylation sites is 1. The Morgan fingerprint density at radius 1 is 1.03 bits per heavy atom. The number of anilines is 2. The molecule has 5 rings (SSSR count). The third-order valence-corrected chi connectivity index (χ3v) is 6.37. The lowest BCUT2D eigenvalue weighted by molar-refractivity contribution is -0.114. The van der Waals surface area contributed by atoms with E-state index in [1.165, 1.54) is 25.4 Å². The molecule has 9 heteroatoms. The number of aromatic nitrogens is 3. The minimum Gasteiger partial charge on any atom is -0.437 e. The number of hydrogen-bond donors (Lipinski definition) is 1. The molecule has 1 N–H and O–H groups in total. The van der Waals surface area contributed by atoms with Gasteiger partial charge in [0.25, 0.3) is 0 Å². The molecule has 0 saturated carbocycles. The van der Waals surface area contributed by atoms with Crippen LogP contribution >= 0.6 is 0 Å². The van der Waals surface area contributed by atoms with E-state index in [1.807, 2.05) is 42.5 Å². The van der Waals surface area contributed by atoms with Gasteiger partial charge in [0, 0.05) is 50.6 Å². The van der Waals surface area contributed by atoms with Crippen molar-refractivity contribution < 1.29 is 13.9 Å². The van der Waals surface area contributed by atoms with Crippen molar-refractivity contribution in [2.75, 3.05) is 36.4 Å². The first-order valence-corrected chi connectivity index (χ1v) is 11.9. The van der Waals surface area contributed by atoms with Crippen LogP contribution in [0.2, 0.25) is 0 Å². The third-order valence-electron chi connectivity index (χ3n) is 6.37. The van der Waals surface area contributed by atoms with E-state index in [2.05, 4.69) is 37.0 Å². The van der Waals surface area contributed by atoms with Crippen LogP contribution in [0.4, 0.5) is 16.0 Å². The summed E-state index contributed by atoms with van der Waals surface area (Å²) in [5.41, 5.74) is 1.74. The smallest absolute Gasteiger partial charge is 0.224 e. The van der Waals surface area contributed by atoms with E-state index >= 15 is 0 Å². The van der Waals surface area contributed by atoms with Gasteiger partial charge in [-0.25, -0.2) is 19.3 Å². The molecule has 3 heterocycles. The van der Waals surface area contributed by atoms with E-state index in [9.17, 15) is 9.18 Å². The Hall–Kier alpha value is -4.11. The van der Waals surface area contributed by atoms with Crippen LogP contribution in [0.15, 0.2) is 67.0 Å². The van der Waals surface area contributed by atoms with Gasteiger partial charge in [0.2, 0.25) is 11.8 Å². The highest BCUT2D eigenvalue weighted by Crippen LogP contribution is 2.30. The second-order valence-corrected chi connectivity index (χ2v) is 8.77. The predicted octanol–water partition coefficient (Wildman–Crippen LogP) is 4.80. The topological polar surface area (TPSA) is 83.5 Å². The second kappa shape index (κ2) is 10.2. The van der Waals surface area contributed by atoms with Crippen LogP contribution in [0.3, 0.4) is 0 Å². The summed E-state index contributed by atoms with van der Waals surface area (Å²) in [6.07, 6.45) is 1.50. The van der Waals surface area contributed by atoms with Gasteiger partial charge >= 0.3 is 0 Å². The number of halogens is 1. The fourth-order valence-corrected chi connectivity index (χ4v) is 4.41. The van der Waals surface area contributed by atoms with Crippen LogP contribution in [-0.4, -0.2) is 51.9 Å².